The summed E-state index contributed by atoms with van der Waals surface area (Å²) < 4.78 is 28.5. The molecule has 0 aliphatic carbocycles. The third-order valence-corrected chi connectivity index (χ3v) is 6.89. The van der Waals surface area contributed by atoms with Crippen LogP contribution in [0.15, 0.2) is 42.5 Å². The van der Waals surface area contributed by atoms with Gasteiger partial charge in [-0.3, -0.25) is 10.1 Å². The lowest BCUT2D eigenvalue weighted by molar-refractivity contribution is -0.118. The first-order chi connectivity index (χ1) is 18.3. The van der Waals surface area contributed by atoms with Gasteiger partial charge in [0.15, 0.2) is 34.7 Å². The number of nitrogens with one attached hydrogen (secondary N) is 1. The van der Waals surface area contributed by atoms with Gasteiger partial charge in [-0.25, -0.2) is 4.98 Å². The lowest BCUT2D eigenvalue weighted by Crippen LogP contribution is -2.20. The maximum Gasteiger partial charge on any atom is 0.264 e. The minimum atomic E-state index is -0.307. The molecule has 38 heavy (non-hydrogen) atoms. The molecule has 0 spiro atoms. The summed E-state index contributed by atoms with van der Waals surface area (Å²) in [6, 6.07) is 13.3. The van der Waals surface area contributed by atoms with Crippen LogP contribution >= 0.6 is 11.3 Å². The largest absolute Gasteiger partial charge is 0.493 e. The number of thiazole rings is 1. The summed E-state index contributed by atoms with van der Waals surface area (Å²) in [4.78, 5) is 17.1. The molecule has 9 heteroatoms. The number of benzene rings is 3. The molecular formula is C29H30N2O6S. The van der Waals surface area contributed by atoms with Crippen LogP contribution in [-0.2, 0) is 4.79 Å². The van der Waals surface area contributed by atoms with E-state index in [1.807, 2.05) is 49.4 Å². The quantitative estimate of drug-likeness (QED) is 0.245. The zero-order valence-corrected chi connectivity index (χ0v) is 23.0. The number of rotatable bonds is 10. The van der Waals surface area contributed by atoms with Gasteiger partial charge in [0.25, 0.3) is 5.91 Å². The highest BCUT2D eigenvalue weighted by Crippen LogP contribution is 2.39. The van der Waals surface area contributed by atoms with Crippen molar-refractivity contribution in [2.45, 2.75) is 13.8 Å². The van der Waals surface area contributed by atoms with Crippen LogP contribution < -0.4 is 29.0 Å². The number of anilines is 1. The fourth-order valence-electron chi connectivity index (χ4n) is 3.83. The van der Waals surface area contributed by atoms with Crippen LogP contribution in [-0.4, -0.2) is 45.9 Å². The van der Waals surface area contributed by atoms with Crippen molar-refractivity contribution in [3.8, 4) is 28.7 Å². The van der Waals surface area contributed by atoms with Crippen molar-refractivity contribution in [1.29, 1.82) is 0 Å². The second-order valence-electron chi connectivity index (χ2n) is 8.46. The van der Waals surface area contributed by atoms with Crippen molar-refractivity contribution >= 4 is 44.7 Å². The van der Waals surface area contributed by atoms with Crippen LogP contribution in [0.4, 0.5) is 5.13 Å². The molecule has 4 aromatic rings. The van der Waals surface area contributed by atoms with Gasteiger partial charge in [0.1, 0.15) is 0 Å². The molecule has 198 valence electrons. The molecule has 3 aromatic carbocycles. The number of hydrogen-bond acceptors (Lipinski definition) is 8. The van der Waals surface area contributed by atoms with Crippen molar-refractivity contribution < 1.29 is 28.5 Å². The summed E-state index contributed by atoms with van der Waals surface area (Å²) in [5.74, 6) is 2.32. The Morgan fingerprint density at radius 2 is 1.45 bits per heavy atom. The zero-order valence-electron chi connectivity index (χ0n) is 22.2. The molecule has 1 heterocycles. The number of fused-ring (bicyclic) bond motifs is 1. The van der Waals surface area contributed by atoms with E-state index in [1.54, 1.807) is 34.5 Å². The Balaban J connectivity index is 1.47. The van der Waals surface area contributed by atoms with Gasteiger partial charge in [-0.05, 0) is 72.5 Å². The summed E-state index contributed by atoms with van der Waals surface area (Å²) in [6.45, 7) is 3.91. The number of ether oxygens (including phenoxy) is 5. The molecular weight excluding hydrogens is 504 g/mol. The molecule has 0 radical (unpaired) electrons. The SMILES string of the molecule is COc1ccc(/C=C\c2cc(OC)c(OC)c(OC)c2)cc1OCC(=O)Nc1nc2cc(C)c(C)cc2s1. The van der Waals surface area contributed by atoms with Gasteiger partial charge < -0.3 is 23.7 Å². The van der Waals surface area contributed by atoms with Gasteiger partial charge >= 0.3 is 0 Å². The Morgan fingerprint density at radius 1 is 0.816 bits per heavy atom. The summed E-state index contributed by atoms with van der Waals surface area (Å²) in [5.41, 5.74) is 4.93. The van der Waals surface area contributed by atoms with E-state index < -0.39 is 0 Å². The van der Waals surface area contributed by atoms with Crippen LogP contribution in [0.25, 0.3) is 22.4 Å². The van der Waals surface area contributed by atoms with Crippen molar-refractivity contribution in [1.82, 2.24) is 4.98 Å². The minimum absolute atomic E-state index is 0.190. The molecule has 1 amide bonds. The smallest absolute Gasteiger partial charge is 0.264 e. The summed E-state index contributed by atoms with van der Waals surface area (Å²) >= 11 is 1.43. The molecule has 4 rings (SSSR count). The number of carbonyl (C=O) groups excluding carboxylic acids is 1. The van der Waals surface area contributed by atoms with Gasteiger partial charge in [0.2, 0.25) is 5.75 Å². The summed E-state index contributed by atoms with van der Waals surface area (Å²) in [6.07, 6.45) is 3.83. The lowest BCUT2D eigenvalue weighted by atomic mass is 10.1. The Labute approximate surface area is 225 Å². The average molecular weight is 535 g/mol. The van der Waals surface area contributed by atoms with Crippen molar-refractivity contribution in [3.63, 3.8) is 0 Å². The molecule has 0 aliphatic heterocycles. The molecule has 0 aliphatic rings. The molecule has 1 N–H and O–H groups in total. The van der Waals surface area contributed by atoms with Crippen LogP contribution in [0, 0.1) is 13.8 Å². The van der Waals surface area contributed by atoms with E-state index in [9.17, 15) is 4.79 Å². The second kappa shape index (κ2) is 11.9. The van der Waals surface area contributed by atoms with E-state index in [4.69, 9.17) is 23.7 Å². The van der Waals surface area contributed by atoms with Gasteiger partial charge in [0.05, 0.1) is 38.7 Å². The Morgan fingerprint density at radius 3 is 2.11 bits per heavy atom. The average Bonchev–Trinajstić information content (AvgIpc) is 3.30. The highest BCUT2D eigenvalue weighted by atomic mass is 32.1. The summed E-state index contributed by atoms with van der Waals surface area (Å²) in [7, 11) is 6.27. The van der Waals surface area contributed by atoms with E-state index >= 15 is 0 Å². The number of aromatic nitrogens is 1. The number of aryl methyl sites for hydroxylation is 2. The molecule has 0 bridgehead atoms. The first-order valence-corrected chi connectivity index (χ1v) is 12.6. The van der Waals surface area contributed by atoms with Gasteiger partial charge in [-0.2, -0.15) is 0 Å². The topological polar surface area (TPSA) is 88.1 Å². The third kappa shape index (κ3) is 6.00. The third-order valence-electron chi connectivity index (χ3n) is 5.95. The highest BCUT2D eigenvalue weighted by Gasteiger charge is 2.13. The fraction of sp³-hybridized carbons (Fsp3) is 0.241. The van der Waals surface area contributed by atoms with E-state index in [0.717, 1.165) is 26.9 Å². The van der Waals surface area contributed by atoms with Crippen LogP contribution in [0.1, 0.15) is 22.3 Å². The van der Waals surface area contributed by atoms with E-state index in [-0.39, 0.29) is 12.5 Å². The Kier molecular flexibility index (Phi) is 8.38. The molecule has 0 saturated heterocycles. The van der Waals surface area contributed by atoms with E-state index in [1.165, 1.54) is 16.9 Å². The normalized spacial score (nSPS) is 11.0. The molecule has 0 unspecified atom stereocenters. The Hall–Kier alpha value is -4.24. The second-order valence-corrected chi connectivity index (χ2v) is 9.49. The number of nitrogens with zero attached hydrogens (tertiary/aromatic N) is 1. The van der Waals surface area contributed by atoms with Crippen LogP contribution in [0.3, 0.4) is 0 Å². The van der Waals surface area contributed by atoms with Gasteiger partial charge in [-0.15, -0.1) is 0 Å². The van der Waals surface area contributed by atoms with Gasteiger partial charge in [-0.1, -0.05) is 29.6 Å². The van der Waals surface area contributed by atoms with Gasteiger partial charge in [0, 0.05) is 0 Å². The van der Waals surface area contributed by atoms with Crippen molar-refractivity contribution in [3.05, 3.63) is 64.7 Å². The maximum absolute atomic E-state index is 12.6. The van der Waals surface area contributed by atoms with Crippen molar-refractivity contribution in [2.75, 3.05) is 40.4 Å². The number of methoxy groups -OCH3 is 4. The molecule has 8 nitrogen and oxygen atoms in total. The van der Waals surface area contributed by atoms with Crippen LogP contribution in [0.2, 0.25) is 0 Å². The predicted molar refractivity (Wildman–Crippen MR) is 151 cm³/mol. The lowest BCUT2D eigenvalue weighted by Gasteiger charge is -2.13. The van der Waals surface area contributed by atoms with E-state index in [2.05, 4.69) is 23.3 Å². The predicted octanol–water partition coefficient (Wildman–Crippen LogP) is 6.14. The first kappa shape index (κ1) is 26.8. The zero-order chi connectivity index (χ0) is 27.2. The minimum Gasteiger partial charge on any atom is -0.493 e. The Bertz CT molecular complexity index is 1430. The van der Waals surface area contributed by atoms with E-state index in [0.29, 0.717) is 33.9 Å². The fourth-order valence-corrected chi connectivity index (χ4v) is 4.79. The number of hydrogen-bond donors (Lipinski definition) is 1. The maximum atomic E-state index is 12.6. The number of carbonyl (C=O) groups is 1. The highest BCUT2D eigenvalue weighted by molar-refractivity contribution is 7.22. The molecule has 0 fully saturated rings. The molecule has 0 saturated carbocycles. The standard InChI is InChI=1S/C29H30N2O6S/c1-17-11-21-26(12-18(17)2)38-29(30-21)31-27(32)16-37-23-13-19(9-10-22(23)33-3)7-8-20-14-24(34-4)28(36-6)25(15-20)35-5/h7-15H,16H2,1-6H3,(H,30,31,32)/b8-7-. The van der Waals surface area contributed by atoms with Crippen molar-refractivity contribution in [2.24, 2.45) is 0 Å². The number of amides is 1. The molecule has 0 atom stereocenters. The first-order valence-electron chi connectivity index (χ1n) is 11.8. The van der Waals surface area contributed by atoms with Crippen LogP contribution in [0.5, 0.6) is 28.7 Å². The molecule has 1 aromatic heterocycles. The monoisotopic (exact) mass is 534 g/mol. The summed E-state index contributed by atoms with van der Waals surface area (Å²) in [5, 5.41) is 3.36.